The summed E-state index contributed by atoms with van der Waals surface area (Å²) in [5.41, 5.74) is -0.727. The lowest BCUT2D eigenvalue weighted by Gasteiger charge is -2.37. The zero-order valence-corrected chi connectivity index (χ0v) is 17.2. The van der Waals surface area contributed by atoms with Crippen molar-refractivity contribution in [1.29, 1.82) is 0 Å². The highest BCUT2D eigenvalue weighted by Crippen LogP contribution is 2.53. The highest BCUT2D eigenvalue weighted by molar-refractivity contribution is 7.09. The maximum atomic E-state index is 13.4. The summed E-state index contributed by atoms with van der Waals surface area (Å²) in [5, 5.41) is 12.4. The molecule has 2 bridgehead atoms. The second-order valence-corrected chi connectivity index (χ2v) is 9.42. The average Bonchev–Trinajstić information content (AvgIpc) is 3.45. The van der Waals surface area contributed by atoms with E-state index in [1.165, 1.54) is 0 Å². The molecule has 28 heavy (non-hydrogen) atoms. The first-order valence-electron chi connectivity index (χ1n) is 10.0. The largest absolute Gasteiger partial charge is 0.348 e. The molecule has 2 saturated heterocycles. The molecule has 3 N–H and O–H groups in total. The van der Waals surface area contributed by atoms with Crippen molar-refractivity contribution in [3.05, 3.63) is 32.9 Å². The van der Waals surface area contributed by atoms with Crippen LogP contribution >= 0.6 is 11.3 Å². The molecule has 8 nitrogen and oxygen atoms in total. The molecule has 2 aromatic rings. The molecule has 0 aliphatic carbocycles. The number of fused-ring (bicyclic) bond motifs is 2. The van der Waals surface area contributed by atoms with Gasteiger partial charge in [0, 0.05) is 23.7 Å². The Labute approximate surface area is 168 Å². The fourth-order valence-electron chi connectivity index (χ4n) is 4.93. The van der Waals surface area contributed by atoms with Crippen LogP contribution in [0.15, 0.2) is 16.4 Å². The second kappa shape index (κ2) is 7.79. The monoisotopic (exact) mass is 404 g/mol. The van der Waals surface area contributed by atoms with Gasteiger partial charge in [0.25, 0.3) is 0 Å². The predicted molar refractivity (Wildman–Crippen MR) is 107 cm³/mol. The molecule has 9 heteroatoms. The molecule has 0 spiro atoms. The SMILES string of the molecule is CC(C)CC[C@]1(C(=O)NCc2n[nH]c(=O)[nH]2)C[C@H]2CC[C@@H]1N2Cc1nccs1. The minimum Gasteiger partial charge on any atom is -0.348 e. The van der Waals surface area contributed by atoms with Gasteiger partial charge in [0.2, 0.25) is 5.91 Å². The summed E-state index contributed by atoms with van der Waals surface area (Å²) < 4.78 is 0. The molecular formula is C19H28N6O2S. The summed E-state index contributed by atoms with van der Waals surface area (Å²) in [7, 11) is 0. The molecule has 2 fully saturated rings. The number of hydrogen-bond acceptors (Lipinski definition) is 6. The number of aromatic amines is 2. The Morgan fingerprint density at radius 3 is 3.00 bits per heavy atom. The molecule has 2 aliphatic heterocycles. The number of aromatic nitrogens is 4. The third-order valence-corrected chi connectivity index (χ3v) is 7.03. The Balaban J connectivity index is 1.52. The molecule has 1 amide bonds. The molecular weight excluding hydrogens is 376 g/mol. The third-order valence-electron chi connectivity index (χ3n) is 6.27. The number of nitrogens with one attached hydrogen (secondary N) is 3. The Morgan fingerprint density at radius 1 is 1.46 bits per heavy atom. The maximum Gasteiger partial charge on any atom is 0.340 e. The van der Waals surface area contributed by atoms with E-state index in [0.717, 1.165) is 43.7 Å². The van der Waals surface area contributed by atoms with Crippen LogP contribution < -0.4 is 11.0 Å². The minimum atomic E-state index is -0.374. The summed E-state index contributed by atoms with van der Waals surface area (Å²) in [6, 6.07) is 0.690. The second-order valence-electron chi connectivity index (χ2n) is 8.45. The first kappa shape index (κ1) is 19.3. The molecule has 2 aromatic heterocycles. The van der Waals surface area contributed by atoms with E-state index in [4.69, 9.17) is 0 Å². The van der Waals surface area contributed by atoms with Crippen molar-refractivity contribution in [2.45, 2.75) is 71.1 Å². The summed E-state index contributed by atoms with van der Waals surface area (Å²) in [4.78, 5) is 34.2. The van der Waals surface area contributed by atoms with Crippen molar-refractivity contribution >= 4 is 17.2 Å². The first-order valence-corrected chi connectivity index (χ1v) is 10.9. The van der Waals surface area contributed by atoms with Gasteiger partial charge in [-0.3, -0.25) is 14.7 Å². The molecule has 0 radical (unpaired) electrons. The maximum absolute atomic E-state index is 13.4. The van der Waals surface area contributed by atoms with Gasteiger partial charge in [0.1, 0.15) is 10.8 Å². The summed E-state index contributed by atoms with van der Waals surface area (Å²) >= 11 is 1.68. The van der Waals surface area contributed by atoms with Crippen LogP contribution in [0.25, 0.3) is 0 Å². The van der Waals surface area contributed by atoms with Crippen molar-refractivity contribution in [1.82, 2.24) is 30.4 Å². The molecule has 0 aromatic carbocycles. The minimum absolute atomic E-state index is 0.0911. The highest BCUT2D eigenvalue weighted by atomic mass is 32.1. The van der Waals surface area contributed by atoms with Crippen molar-refractivity contribution in [3.8, 4) is 0 Å². The molecule has 4 heterocycles. The van der Waals surface area contributed by atoms with Gasteiger partial charge in [-0.15, -0.1) is 11.3 Å². The molecule has 4 rings (SSSR count). The topological polar surface area (TPSA) is 107 Å². The van der Waals surface area contributed by atoms with Gasteiger partial charge >= 0.3 is 5.69 Å². The fourth-order valence-corrected chi connectivity index (χ4v) is 5.56. The van der Waals surface area contributed by atoms with Crippen molar-refractivity contribution in [2.24, 2.45) is 11.3 Å². The van der Waals surface area contributed by atoms with Crippen LogP contribution in [0.4, 0.5) is 0 Å². The molecule has 3 atom stereocenters. The van der Waals surface area contributed by atoms with Crippen LogP contribution in [-0.2, 0) is 17.9 Å². The van der Waals surface area contributed by atoms with Gasteiger partial charge in [-0.25, -0.2) is 14.9 Å². The van der Waals surface area contributed by atoms with E-state index in [2.05, 4.69) is 44.2 Å². The van der Waals surface area contributed by atoms with Crippen LogP contribution in [-0.4, -0.2) is 43.1 Å². The first-order chi connectivity index (χ1) is 13.5. The number of rotatable bonds is 8. The smallest absolute Gasteiger partial charge is 0.340 e. The van der Waals surface area contributed by atoms with Crippen molar-refractivity contribution in [2.75, 3.05) is 0 Å². The number of amides is 1. The van der Waals surface area contributed by atoms with E-state index in [-0.39, 0.29) is 29.6 Å². The van der Waals surface area contributed by atoms with Crippen molar-refractivity contribution < 1.29 is 4.79 Å². The fraction of sp³-hybridized carbons (Fsp3) is 0.684. The number of carbonyl (C=O) groups excluding carboxylic acids is 1. The van der Waals surface area contributed by atoms with Gasteiger partial charge in [0.15, 0.2) is 0 Å². The van der Waals surface area contributed by atoms with Crippen molar-refractivity contribution in [3.63, 3.8) is 0 Å². The quantitative estimate of drug-likeness (QED) is 0.624. The lowest BCUT2D eigenvalue weighted by Crippen LogP contribution is -2.49. The zero-order valence-electron chi connectivity index (χ0n) is 16.4. The number of H-pyrrole nitrogens is 2. The Hall–Kier alpha value is -2.00. The van der Waals surface area contributed by atoms with E-state index in [0.29, 0.717) is 17.8 Å². The van der Waals surface area contributed by atoms with Gasteiger partial charge in [-0.1, -0.05) is 13.8 Å². The van der Waals surface area contributed by atoms with Crippen LogP contribution in [0.1, 0.15) is 56.8 Å². The molecule has 152 valence electrons. The van der Waals surface area contributed by atoms with E-state index in [9.17, 15) is 9.59 Å². The average molecular weight is 405 g/mol. The molecule has 0 saturated carbocycles. The summed E-state index contributed by atoms with van der Waals surface area (Å²) in [6.45, 7) is 5.49. The van der Waals surface area contributed by atoms with Gasteiger partial charge in [0.05, 0.1) is 18.5 Å². The number of thiazole rings is 1. The highest BCUT2D eigenvalue weighted by Gasteiger charge is 2.59. The van der Waals surface area contributed by atoms with Gasteiger partial charge in [-0.05, 0) is 38.0 Å². The predicted octanol–water partition coefficient (Wildman–Crippen LogP) is 2.03. The standard InChI is InChI=1S/C19H28N6O2S/c1-12(2)5-6-19(17(26)21-10-15-22-18(27)24-23-15)9-13-3-4-14(19)25(13)11-16-20-7-8-28-16/h7-8,12-14H,3-6,9-11H2,1-2H3,(H,21,26)(H2,22,23,24,27)/t13-,14+,19+/m1/s1. The van der Waals surface area contributed by atoms with E-state index in [1.54, 1.807) is 11.3 Å². The lowest BCUT2D eigenvalue weighted by atomic mass is 9.69. The van der Waals surface area contributed by atoms with Crippen LogP contribution in [0.3, 0.4) is 0 Å². The Morgan fingerprint density at radius 2 is 2.32 bits per heavy atom. The Kier molecular flexibility index (Phi) is 5.37. The summed E-state index contributed by atoms with van der Waals surface area (Å²) in [5.74, 6) is 1.10. The molecule has 0 unspecified atom stereocenters. The number of carbonyl (C=O) groups is 1. The number of hydrogen-bond donors (Lipinski definition) is 3. The van der Waals surface area contributed by atoms with Crippen LogP contribution in [0.5, 0.6) is 0 Å². The third kappa shape index (κ3) is 3.65. The van der Waals surface area contributed by atoms with Crippen LogP contribution in [0, 0.1) is 11.3 Å². The van der Waals surface area contributed by atoms with E-state index in [1.807, 2.05) is 11.6 Å². The van der Waals surface area contributed by atoms with E-state index >= 15 is 0 Å². The number of nitrogens with zero attached hydrogens (tertiary/aromatic N) is 3. The lowest BCUT2D eigenvalue weighted by molar-refractivity contribution is -0.134. The zero-order chi connectivity index (χ0) is 19.7. The van der Waals surface area contributed by atoms with E-state index < -0.39 is 0 Å². The molecule has 2 aliphatic rings. The van der Waals surface area contributed by atoms with Gasteiger partial charge < -0.3 is 5.32 Å². The van der Waals surface area contributed by atoms with Gasteiger partial charge in [-0.2, -0.15) is 5.10 Å². The summed E-state index contributed by atoms with van der Waals surface area (Å²) in [6.07, 6.45) is 6.88. The van der Waals surface area contributed by atoms with Crippen LogP contribution in [0.2, 0.25) is 0 Å². The normalized spacial score (nSPS) is 27.0. The Bertz CT molecular complexity index is 860.